The van der Waals surface area contributed by atoms with E-state index in [4.69, 9.17) is 16.0 Å². The van der Waals surface area contributed by atoms with Crippen LogP contribution < -0.4 is 5.32 Å². The minimum atomic E-state index is -0.575. The molecule has 0 saturated heterocycles. The number of nitrogens with one attached hydrogen (secondary N) is 1. The molecule has 7 nitrogen and oxygen atoms in total. The van der Waals surface area contributed by atoms with Gasteiger partial charge in [0.25, 0.3) is 10.9 Å². The summed E-state index contributed by atoms with van der Waals surface area (Å²) in [5.74, 6) is -0.278. The number of hydrogen-bond acceptors (Lipinski definition) is 6. The number of halogens is 2. The van der Waals surface area contributed by atoms with Crippen molar-refractivity contribution >= 4 is 40.6 Å². The zero-order valence-electron chi connectivity index (χ0n) is 13.5. The maximum absolute atomic E-state index is 12.9. The lowest BCUT2D eigenvalue weighted by atomic mass is 10.2. The van der Waals surface area contributed by atoms with Crippen molar-refractivity contribution in [3.63, 3.8) is 0 Å². The van der Waals surface area contributed by atoms with Crippen molar-refractivity contribution in [2.75, 3.05) is 11.1 Å². The molecule has 0 saturated carbocycles. The zero-order valence-corrected chi connectivity index (χ0v) is 15.1. The van der Waals surface area contributed by atoms with Crippen molar-refractivity contribution in [2.45, 2.75) is 5.22 Å². The molecule has 27 heavy (non-hydrogen) atoms. The number of hydrogen-bond donors (Lipinski definition) is 1. The number of thioether (sulfide) groups is 1. The summed E-state index contributed by atoms with van der Waals surface area (Å²) in [7, 11) is 0. The van der Waals surface area contributed by atoms with Crippen molar-refractivity contribution in [3.05, 3.63) is 69.6 Å². The molecule has 138 valence electrons. The summed E-state index contributed by atoms with van der Waals surface area (Å²) in [4.78, 5) is 26.2. The molecule has 0 aliphatic heterocycles. The standard InChI is InChI=1S/C17H11ClFN3O4S/c18-13-7-12(22(24)25)5-6-14(13)21-16(23)9-27-17-20-8-15(26-17)10-1-3-11(19)4-2-10/h1-8H,9H2,(H,21,23). The van der Waals surface area contributed by atoms with Gasteiger partial charge in [-0.15, -0.1) is 0 Å². The van der Waals surface area contributed by atoms with Crippen LogP contribution in [0.1, 0.15) is 0 Å². The Kier molecular flexibility index (Phi) is 5.72. The highest BCUT2D eigenvalue weighted by molar-refractivity contribution is 7.99. The fourth-order valence-electron chi connectivity index (χ4n) is 2.10. The molecular weight excluding hydrogens is 397 g/mol. The maximum atomic E-state index is 12.9. The SMILES string of the molecule is O=C(CSc1ncc(-c2ccc(F)cc2)o1)Nc1ccc([N+](=O)[O-])cc1Cl. The van der Waals surface area contributed by atoms with Gasteiger partial charge in [-0.3, -0.25) is 14.9 Å². The van der Waals surface area contributed by atoms with Gasteiger partial charge in [-0.05, 0) is 30.3 Å². The topological polar surface area (TPSA) is 98.3 Å². The molecule has 0 atom stereocenters. The number of nitrogens with zero attached hydrogens (tertiary/aromatic N) is 2. The van der Waals surface area contributed by atoms with E-state index in [1.807, 2.05) is 0 Å². The Morgan fingerprint density at radius 3 is 2.70 bits per heavy atom. The second-order valence-corrected chi connectivity index (χ2v) is 6.59. The minimum Gasteiger partial charge on any atom is -0.431 e. The fourth-order valence-corrected chi connectivity index (χ4v) is 2.93. The first kappa shape index (κ1) is 18.9. The normalized spacial score (nSPS) is 10.6. The van der Waals surface area contributed by atoms with Crippen LogP contribution in [0, 0.1) is 15.9 Å². The Morgan fingerprint density at radius 1 is 1.30 bits per heavy atom. The van der Waals surface area contributed by atoms with Crippen LogP contribution in [-0.4, -0.2) is 21.6 Å². The predicted octanol–water partition coefficient (Wildman–Crippen LogP) is 4.77. The largest absolute Gasteiger partial charge is 0.431 e. The fraction of sp³-hybridized carbons (Fsp3) is 0.0588. The van der Waals surface area contributed by atoms with Crippen LogP contribution in [0.2, 0.25) is 5.02 Å². The summed E-state index contributed by atoms with van der Waals surface area (Å²) < 4.78 is 18.5. The molecule has 0 aliphatic rings. The average Bonchev–Trinajstić information content (AvgIpc) is 3.11. The second-order valence-electron chi connectivity index (χ2n) is 5.26. The Labute approximate surface area is 161 Å². The van der Waals surface area contributed by atoms with Gasteiger partial charge in [0.05, 0.1) is 27.6 Å². The number of rotatable bonds is 6. The van der Waals surface area contributed by atoms with Crippen LogP contribution in [-0.2, 0) is 4.79 Å². The molecular formula is C17H11ClFN3O4S. The quantitative estimate of drug-likeness (QED) is 0.359. The first-order valence-corrected chi connectivity index (χ1v) is 8.87. The lowest BCUT2D eigenvalue weighted by molar-refractivity contribution is -0.384. The molecule has 1 N–H and O–H groups in total. The van der Waals surface area contributed by atoms with E-state index in [1.165, 1.54) is 30.5 Å². The molecule has 0 aliphatic carbocycles. The van der Waals surface area contributed by atoms with Crippen LogP contribution in [0.5, 0.6) is 0 Å². The highest BCUT2D eigenvalue weighted by Gasteiger charge is 2.13. The monoisotopic (exact) mass is 407 g/mol. The molecule has 3 aromatic rings. The third-order valence-corrected chi connectivity index (χ3v) is 4.53. The number of oxazole rings is 1. The molecule has 1 heterocycles. The smallest absolute Gasteiger partial charge is 0.271 e. The number of non-ortho nitro benzene ring substituents is 1. The Balaban J connectivity index is 1.58. The van der Waals surface area contributed by atoms with Crippen molar-refractivity contribution in [1.29, 1.82) is 0 Å². The van der Waals surface area contributed by atoms with E-state index in [0.717, 1.165) is 17.8 Å². The molecule has 0 bridgehead atoms. The predicted molar refractivity (Wildman–Crippen MR) is 99.4 cm³/mol. The summed E-state index contributed by atoms with van der Waals surface area (Å²) in [6.45, 7) is 0. The molecule has 3 rings (SSSR count). The summed E-state index contributed by atoms with van der Waals surface area (Å²) >= 11 is 7.00. The summed E-state index contributed by atoms with van der Waals surface area (Å²) in [6, 6.07) is 9.52. The van der Waals surface area contributed by atoms with Gasteiger partial charge in [-0.1, -0.05) is 23.4 Å². The number of carbonyl (C=O) groups excluding carboxylic acids is 1. The van der Waals surface area contributed by atoms with Gasteiger partial charge < -0.3 is 9.73 Å². The lowest BCUT2D eigenvalue weighted by Crippen LogP contribution is -2.14. The molecule has 2 aromatic carbocycles. The van der Waals surface area contributed by atoms with Gasteiger partial charge in [0.15, 0.2) is 5.76 Å². The van der Waals surface area contributed by atoms with Gasteiger partial charge in [0, 0.05) is 17.7 Å². The van der Waals surface area contributed by atoms with E-state index in [-0.39, 0.29) is 39.1 Å². The number of anilines is 1. The summed E-state index contributed by atoms with van der Waals surface area (Å²) in [5.41, 5.74) is 0.769. The van der Waals surface area contributed by atoms with Crippen LogP contribution in [0.4, 0.5) is 15.8 Å². The van der Waals surface area contributed by atoms with Crippen LogP contribution in [0.25, 0.3) is 11.3 Å². The third kappa shape index (κ3) is 4.83. The first-order chi connectivity index (χ1) is 12.9. The van der Waals surface area contributed by atoms with Gasteiger partial charge >= 0.3 is 0 Å². The van der Waals surface area contributed by atoms with Gasteiger partial charge in [-0.25, -0.2) is 9.37 Å². The molecule has 0 fully saturated rings. The van der Waals surface area contributed by atoms with Crippen molar-refractivity contribution in [2.24, 2.45) is 0 Å². The Bertz CT molecular complexity index is 994. The number of benzene rings is 2. The highest BCUT2D eigenvalue weighted by atomic mass is 35.5. The van der Waals surface area contributed by atoms with Gasteiger partial charge in [0.1, 0.15) is 5.82 Å². The van der Waals surface area contributed by atoms with Crippen LogP contribution in [0.3, 0.4) is 0 Å². The van der Waals surface area contributed by atoms with E-state index in [2.05, 4.69) is 10.3 Å². The van der Waals surface area contributed by atoms with E-state index in [9.17, 15) is 19.3 Å². The second kappa shape index (κ2) is 8.19. The number of nitro groups is 1. The number of carbonyl (C=O) groups is 1. The van der Waals surface area contributed by atoms with Crippen LogP contribution in [0.15, 0.2) is 58.3 Å². The average molecular weight is 408 g/mol. The van der Waals surface area contributed by atoms with E-state index in [1.54, 1.807) is 12.1 Å². The highest BCUT2D eigenvalue weighted by Crippen LogP contribution is 2.28. The van der Waals surface area contributed by atoms with Gasteiger partial charge in [-0.2, -0.15) is 0 Å². The Morgan fingerprint density at radius 2 is 2.04 bits per heavy atom. The Hall–Kier alpha value is -2.91. The zero-order chi connectivity index (χ0) is 19.4. The number of aromatic nitrogens is 1. The van der Waals surface area contributed by atoms with E-state index in [0.29, 0.717) is 11.3 Å². The molecule has 1 aromatic heterocycles. The van der Waals surface area contributed by atoms with Crippen molar-refractivity contribution in [3.8, 4) is 11.3 Å². The van der Waals surface area contributed by atoms with E-state index < -0.39 is 4.92 Å². The summed E-state index contributed by atoms with van der Waals surface area (Å²) in [6.07, 6.45) is 1.49. The van der Waals surface area contributed by atoms with Gasteiger partial charge in [0.2, 0.25) is 5.91 Å². The minimum absolute atomic E-state index is 0.00329. The first-order valence-electron chi connectivity index (χ1n) is 7.51. The van der Waals surface area contributed by atoms with E-state index >= 15 is 0 Å². The van der Waals surface area contributed by atoms with Crippen molar-refractivity contribution in [1.82, 2.24) is 4.98 Å². The maximum Gasteiger partial charge on any atom is 0.271 e. The lowest BCUT2D eigenvalue weighted by Gasteiger charge is -2.06. The molecule has 1 amide bonds. The number of amides is 1. The van der Waals surface area contributed by atoms with Crippen LogP contribution >= 0.6 is 23.4 Å². The molecule has 10 heteroatoms. The molecule has 0 spiro atoms. The molecule has 0 unspecified atom stereocenters. The summed E-state index contributed by atoms with van der Waals surface area (Å²) in [5, 5.41) is 13.6. The number of nitro benzene ring substituents is 1. The third-order valence-electron chi connectivity index (χ3n) is 3.38. The van der Waals surface area contributed by atoms with Crippen molar-refractivity contribution < 1.29 is 18.5 Å². The molecule has 0 radical (unpaired) electrons.